The fraction of sp³-hybridized carbons (Fsp3) is 0.235. The molecule has 26 heavy (non-hydrogen) atoms. The maximum absolute atomic E-state index is 12.1. The Hall–Kier alpha value is -2.29. The summed E-state index contributed by atoms with van der Waals surface area (Å²) in [6, 6.07) is 12.4. The molecule has 0 saturated heterocycles. The van der Waals surface area contributed by atoms with Crippen molar-refractivity contribution in [2.45, 2.75) is 24.8 Å². The fourth-order valence-electron chi connectivity index (χ4n) is 1.95. The van der Waals surface area contributed by atoms with Gasteiger partial charge in [0.25, 0.3) is 15.9 Å². The number of ether oxygens (including phenoxy) is 2. The molecule has 0 heterocycles. The van der Waals surface area contributed by atoms with Gasteiger partial charge in [-0.1, -0.05) is 17.7 Å². The Balaban J connectivity index is 1.92. The number of benzene rings is 2. The third kappa shape index (κ3) is 5.62. The van der Waals surface area contributed by atoms with E-state index in [4.69, 9.17) is 21.1 Å². The highest BCUT2D eigenvalue weighted by molar-refractivity contribution is 7.89. The smallest absolute Gasteiger partial charge is 0.275 e. The molecule has 1 amide bonds. The summed E-state index contributed by atoms with van der Waals surface area (Å²) in [6.07, 6.45) is -0.921. The molecule has 0 bridgehead atoms. The Morgan fingerprint density at radius 1 is 1.15 bits per heavy atom. The van der Waals surface area contributed by atoms with Crippen molar-refractivity contribution in [2.24, 2.45) is 0 Å². The maximum atomic E-state index is 12.1. The van der Waals surface area contributed by atoms with Crippen molar-refractivity contribution in [3.05, 3.63) is 53.6 Å². The van der Waals surface area contributed by atoms with Gasteiger partial charge in [-0.3, -0.25) is 10.2 Å². The molecule has 1 atom stereocenters. The van der Waals surface area contributed by atoms with Gasteiger partial charge >= 0.3 is 0 Å². The molecular formula is C17H19ClN2O5S. The minimum atomic E-state index is -3.93. The lowest BCUT2D eigenvalue weighted by atomic mass is 10.3. The van der Waals surface area contributed by atoms with Gasteiger partial charge in [0.15, 0.2) is 6.10 Å². The maximum Gasteiger partial charge on any atom is 0.275 e. The van der Waals surface area contributed by atoms with Crippen molar-refractivity contribution in [1.29, 1.82) is 0 Å². The van der Waals surface area contributed by atoms with Crippen molar-refractivity contribution < 1.29 is 22.7 Å². The second-order valence-corrected chi connectivity index (χ2v) is 7.34. The third-order valence-corrected chi connectivity index (χ3v) is 4.71. The number of hydrazine groups is 1. The predicted octanol–water partition coefficient (Wildman–Crippen LogP) is 2.52. The minimum absolute atomic E-state index is 0.0645. The molecule has 0 spiro atoms. The van der Waals surface area contributed by atoms with Crippen LogP contribution in [0, 0.1) is 0 Å². The number of halogens is 1. The van der Waals surface area contributed by atoms with Crippen LogP contribution in [0.1, 0.15) is 13.8 Å². The number of rotatable bonds is 8. The lowest BCUT2D eigenvalue weighted by Crippen LogP contribution is -2.47. The Labute approximate surface area is 157 Å². The molecular weight excluding hydrogens is 380 g/mol. The highest BCUT2D eigenvalue weighted by Crippen LogP contribution is 2.19. The average molecular weight is 399 g/mol. The minimum Gasteiger partial charge on any atom is -0.494 e. The number of nitrogens with one attached hydrogen (secondary N) is 2. The number of hydrogen-bond donors (Lipinski definition) is 2. The quantitative estimate of drug-likeness (QED) is 0.666. The molecule has 9 heteroatoms. The zero-order valence-electron chi connectivity index (χ0n) is 14.2. The Kier molecular flexibility index (Phi) is 6.84. The van der Waals surface area contributed by atoms with Gasteiger partial charge in [0.1, 0.15) is 11.5 Å². The van der Waals surface area contributed by atoms with E-state index in [1.54, 1.807) is 30.3 Å². The van der Waals surface area contributed by atoms with Crippen LogP contribution in [0.2, 0.25) is 5.02 Å². The van der Waals surface area contributed by atoms with Crippen LogP contribution >= 0.6 is 11.6 Å². The molecule has 2 rings (SSSR count). The number of sulfonamides is 1. The van der Waals surface area contributed by atoms with E-state index in [2.05, 4.69) is 5.43 Å². The van der Waals surface area contributed by atoms with Gasteiger partial charge in [0.05, 0.1) is 11.5 Å². The van der Waals surface area contributed by atoms with Gasteiger partial charge in [0, 0.05) is 5.02 Å². The lowest BCUT2D eigenvalue weighted by Gasteiger charge is -2.15. The molecule has 0 saturated carbocycles. The fourth-order valence-corrected chi connectivity index (χ4v) is 3.10. The standard InChI is InChI=1S/C17H19ClN2O5S/c1-3-24-14-7-9-15(10-8-14)25-12(2)17(21)19-20-26(22,23)16-6-4-5-13(18)11-16/h4-12,20H,3H2,1-2H3,(H,19,21)/t12-/m1/s1. The van der Waals surface area contributed by atoms with Crippen LogP contribution in [0.25, 0.3) is 0 Å². The molecule has 140 valence electrons. The van der Waals surface area contributed by atoms with Crippen LogP contribution in [0.4, 0.5) is 0 Å². The summed E-state index contributed by atoms with van der Waals surface area (Å²) in [4.78, 5) is 14.0. The zero-order chi connectivity index (χ0) is 19.2. The summed E-state index contributed by atoms with van der Waals surface area (Å²) in [7, 11) is -3.93. The Morgan fingerprint density at radius 3 is 2.42 bits per heavy atom. The summed E-state index contributed by atoms with van der Waals surface area (Å²) >= 11 is 5.78. The first-order valence-corrected chi connectivity index (χ1v) is 9.64. The summed E-state index contributed by atoms with van der Waals surface area (Å²) in [5.74, 6) is 0.490. The topological polar surface area (TPSA) is 93.7 Å². The third-order valence-electron chi connectivity index (χ3n) is 3.23. The molecule has 0 fully saturated rings. The summed E-state index contributed by atoms with van der Waals surface area (Å²) < 4.78 is 35.1. The van der Waals surface area contributed by atoms with Gasteiger partial charge in [-0.15, -0.1) is 4.83 Å². The SMILES string of the molecule is CCOc1ccc(O[C@H](C)C(=O)NNS(=O)(=O)c2cccc(Cl)c2)cc1. The Bertz CT molecular complexity index is 856. The van der Waals surface area contributed by atoms with E-state index in [-0.39, 0.29) is 9.92 Å². The number of carbonyl (C=O) groups excluding carboxylic acids is 1. The first-order chi connectivity index (χ1) is 12.3. The van der Waals surface area contributed by atoms with E-state index >= 15 is 0 Å². The number of amides is 1. The van der Waals surface area contributed by atoms with Crippen LogP contribution < -0.4 is 19.7 Å². The van der Waals surface area contributed by atoms with E-state index in [1.807, 2.05) is 11.8 Å². The molecule has 2 aromatic rings. The number of carbonyl (C=O) groups is 1. The van der Waals surface area contributed by atoms with Gasteiger partial charge in [-0.05, 0) is 56.3 Å². The predicted molar refractivity (Wildman–Crippen MR) is 97.6 cm³/mol. The van der Waals surface area contributed by atoms with E-state index in [9.17, 15) is 13.2 Å². The van der Waals surface area contributed by atoms with Crippen molar-refractivity contribution in [1.82, 2.24) is 10.3 Å². The van der Waals surface area contributed by atoms with E-state index in [0.717, 1.165) is 0 Å². The molecule has 7 nitrogen and oxygen atoms in total. The largest absolute Gasteiger partial charge is 0.494 e. The summed E-state index contributed by atoms with van der Waals surface area (Å²) in [5.41, 5.74) is 2.12. The van der Waals surface area contributed by atoms with Crippen LogP contribution in [-0.2, 0) is 14.8 Å². The second kappa shape index (κ2) is 8.88. The van der Waals surface area contributed by atoms with Gasteiger partial charge in [-0.2, -0.15) is 0 Å². The first-order valence-electron chi connectivity index (χ1n) is 7.78. The van der Waals surface area contributed by atoms with E-state index in [0.29, 0.717) is 18.1 Å². The first kappa shape index (κ1) is 20.0. The molecule has 0 aliphatic carbocycles. The molecule has 0 aliphatic rings. The molecule has 0 aliphatic heterocycles. The lowest BCUT2D eigenvalue weighted by molar-refractivity contribution is -0.127. The second-order valence-electron chi connectivity index (χ2n) is 5.22. The van der Waals surface area contributed by atoms with Gasteiger partial charge < -0.3 is 9.47 Å². The highest BCUT2D eigenvalue weighted by Gasteiger charge is 2.19. The summed E-state index contributed by atoms with van der Waals surface area (Å²) in [6.45, 7) is 3.92. The number of hydrogen-bond acceptors (Lipinski definition) is 5. The van der Waals surface area contributed by atoms with Crippen molar-refractivity contribution in [3.8, 4) is 11.5 Å². The monoisotopic (exact) mass is 398 g/mol. The van der Waals surface area contributed by atoms with Crippen LogP contribution in [0.5, 0.6) is 11.5 Å². The van der Waals surface area contributed by atoms with Crippen molar-refractivity contribution >= 4 is 27.5 Å². The van der Waals surface area contributed by atoms with E-state index < -0.39 is 22.0 Å². The van der Waals surface area contributed by atoms with Crippen molar-refractivity contribution in [3.63, 3.8) is 0 Å². The van der Waals surface area contributed by atoms with Crippen LogP contribution in [0.15, 0.2) is 53.4 Å². The molecule has 0 aromatic heterocycles. The normalized spacial score (nSPS) is 12.3. The molecule has 2 aromatic carbocycles. The highest BCUT2D eigenvalue weighted by atomic mass is 35.5. The van der Waals surface area contributed by atoms with Gasteiger partial charge in [0.2, 0.25) is 0 Å². The molecule has 2 N–H and O–H groups in total. The van der Waals surface area contributed by atoms with Crippen LogP contribution in [0.3, 0.4) is 0 Å². The van der Waals surface area contributed by atoms with E-state index in [1.165, 1.54) is 25.1 Å². The molecule has 0 radical (unpaired) electrons. The Morgan fingerprint density at radius 2 is 1.81 bits per heavy atom. The summed E-state index contributed by atoms with van der Waals surface area (Å²) in [5, 5.41) is 0.270. The average Bonchev–Trinajstić information content (AvgIpc) is 2.61. The van der Waals surface area contributed by atoms with Crippen LogP contribution in [-0.4, -0.2) is 27.0 Å². The van der Waals surface area contributed by atoms with Crippen molar-refractivity contribution in [2.75, 3.05) is 6.61 Å². The van der Waals surface area contributed by atoms with Gasteiger partial charge in [-0.25, -0.2) is 8.42 Å². The zero-order valence-corrected chi connectivity index (χ0v) is 15.8. The molecule has 0 unspecified atom stereocenters.